The molecule has 0 saturated carbocycles. The van der Waals surface area contributed by atoms with Crippen LogP contribution in [-0.2, 0) is 12.5 Å². The van der Waals surface area contributed by atoms with Gasteiger partial charge in [0.05, 0.1) is 5.56 Å². The number of aryl methyl sites for hydroxylation is 2. The predicted octanol–water partition coefficient (Wildman–Crippen LogP) is 4.93. The van der Waals surface area contributed by atoms with E-state index in [1.54, 1.807) is 6.07 Å². The first-order chi connectivity index (χ1) is 11.4. The van der Waals surface area contributed by atoms with Crippen molar-refractivity contribution in [2.45, 2.75) is 26.2 Å². The zero-order valence-corrected chi connectivity index (χ0v) is 14.5. The number of benzene rings is 2. The molecule has 0 atom stereocenters. The molecular weight excluding hydrogens is 297 g/mol. The van der Waals surface area contributed by atoms with Crippen LogP contribution in [0.3, 0.4) is 0 Å². The molecule has 120 valence electrons. The van der Waals surface area contributed by atoms with Crippen molar-refractivity contribution in [3.8, 4) is 22.4 Å². The summed E-state index contributed by atoms with van der Waals surface area (Å²) in [5.74, 6) is -0.122. The SMILES string of the molecule is Cc1cc(F)c2c(c1-c1cccc[n+]1C)C(C)(C)c1ccccc1-2. The summed E-state index contributed by atoms with van der Waals surface area (Å²) in [6, 6.07) is 16.0. The van der Waals surface area contributed by atoms with E-state index in [-0.39, 0.29) is 11.2 Å². The lowest BCUT2D eigenvalue weighted by Gasteiger charge is -2.24. The summed E-state index contributed by atoms with van der Waals surface area (Å²) >= 11 is 0. The van der Waals surface area contributed by atoms with Gasteiger partial charge >= 0.3 is 0 Å². The van der Waals surface area contributed by atoms with Crippen LogP contribution in [-0.4, -0.2) is 0 Å². The second-order valence-electron chi connectivity index (χ2n) is 7.17. The molecule has 0 N–H and O–H groups in total. The van der Waals surface area contributed by atoms with Gasteiger partial charge in [0.1, 0.15) is 12.9 Å². The van der Waals surface area contributed by atoms with Crippen molar-refractivity contribution in [3.63, 3.8) is 0 Å². The molecule has 0 aliphatic heterocycles. The van der Waals surface area contributed by atoms with Gasteiger partial charge in [0.2, 0.25) is 5.69 Å². The topological polar surface area (TPSA) is 3.88 Å². The van der Waals surface area contributed by atoms with E-state index in [1.165, 1.54) is 5.56 Å². The van der Waals surface area contributed by atoms with Crippen LogP contribution in [0.15, 0.2) is 54.7 Å². The average molecular weight is 318 g/mol. The minimum atomic E-state index is -0.225. The molecule has 0 radical (unpaired) electrons. The zero-order valence-electron chi connectivity index (χ0n) is 14.5. The summed E-state index contributed by atoms with van der Waals surface area (Å²) in [6.45, 7) is 6.40. The van der Waals surface area contributed by atoms with E-state index in [0.29, 0.717) is 0 Å². The Labute approximate surface area is 142 Å². The Kier molecular flexibility index (Phi) is 3.14. The maximum atomic E-state index is 15.0. The van der Waals surface area contributed by atoms with E-state index in [4.69, 9.17) is 0 Å². The highest BCUT2D eigenvalue weighted by molar-refractivity contribution is 5.88. The third-order valence-corrected chi connectivity index (χ3v) is 5.28. The van der Waals surface area contributed by atoms with Crippen LogP contribution >= 0.6 is 0 Å². The van der Waals surface area contributed by atoms with Gasteiger partial charge in [0, 0.05) is 23.1 Å². The molecule has 1 aromatic heterocycles. The maximum absolute atomic E-state index is 15.0. The Bertz CT molecular complexity index is 970. The summed E-state index contributed by atoms with van der Waals surface area (Å²) in [7, 11) is 2.04. The van der Waals surface area contributed by atoms with Gasteiger partial charge in [-0.15, -0.1) is 0 Å². The maximum Gasteiger partial charge on any atom is 0.212 e. The van der Waals surface area contributed by atoms with E-state index >= 15 is 0 Å². The van der Waals surface area contributed by atoms with Gasteiger partial charge in [0.25, 0.3) is 0 Å². The molecular formula is C22H21FN+. The summed E-state index contributed by atoms with van der Waals surface area (Å²) in [5, 5.41) is 0. The fourth-order valence-electron chi connectivity index (χ4n) is 4.16. The van der Waals surface area contributed by atoms with Crippen LogP contribution in [0, 0.1) is 12.7 Å². The summed E-state index contributed by atoms with van der Waals surface area (Å²) in [4.78, 5) is 0. The molecule has 1 aliphatic carbocycles. The molecule has 0 fully saturated rings. The van der Waals surface area contributed by atoms with E-state index < -0.39 is 0 Å². The lowest BCUT2D eigenvalue weighted by molar-refractivity contribution is -0.660. The van der Waals surface area contributed by atoms with E-state index in [9.17, 15) is 4.39 Å². The fourth-order valence-corrected chi connectivity index (χ4v) is 4.16. The third-order valence-electron chi connectivity index (χ3n) is 5.28. The number of fused-ring (bicyclic) bond motifs is 3. The number of aromatic nitrogens is 1. The summed E-state index contributed by atoms with van der Waals surface area (Å²) in [6.07, 6.45) is 2.04. The molecule has 1 nitrogen and oxygen atoms in total. The number of hydrogen-bond acceptors (Lipinski definition) is 0. The highest BCUT2D eigenvalue weighted by atomic mass is 19.1. The van der Waals surface area contributed by atoms with Crippen LogP contribution in [0.1, 0.15) is 30.5 Å². The van der Waals surface area contributed by atoms with Crippen LogP contribution in [0.5, 0.6) is 0 Å². The van der Waals surface area contributed by atoms with Gasteiger partial charge in [-0.1, -0.05) is 38.1 Å². The molecule has 0 amide bonds. The van der Waals surface area contributed by atoms with E-state index in [0.717, 1.165) is 33.5 Å². The Morgan fingerprint density at radius 1 is 0.958 bits per heavy atom. The molecule has 1 aliphatic rings. The first kappa shape index (κ1) is 15.1. The molecule has 24 heavy (non-hydrogen) atoms. The third kappa shape index (κ3) is 1.89. The smallest absolute Gasteiger partial charge is 0.206 e. The predicted molar refractivity (Wildman–Crippen MR) is 95.3 cm³/mol. The lowest BCUT2D eigenvalue weighted by Crippen LogP contribution is -2.31. The van der Waals surface area contributed by atoms with Crippen molar-refractivity contribution in [3.05, 3.63) is 77.2 Å². The second-order valence-corrected chi connectivity index (χ2v) is 7.17. The number of pyridine rings is 1. The lowest BCUT2D eigenvalue weighted by atomic mass is 9.78. The average Bonchev–Trinajstić information content (AvgIpc) is 2.78. The normalized spacial score (nSPS) is 14.4. The molecule has 0 spiro atoms. The molecule has 4 rings (SSSR count). The van der Waals surface area contributed by atoms with Crippen molar-refractivity contribution in [2.24, 2.45) is 7.05 Å². The first-order valence-corrected chi connectivity index (χ1v) is 8.31. The number of rotatable bonds is 1. The minimum Gasteiger partial charge on any atom is -0.206 e. The molecule has 3 aromatic rings. The van der Waals surface area contributed by atoms with Crippen molar-refractivity contribution in [1.29, 1.82) is 0 Å². The van der Waals surface area contributed by atoms with Crippen LogP contribution in [0.4, 0.5) is 4.39 Å². The summed E-state index contributed by atoms with van der Waals surface area (Å²) < 4.78 is 17.1. The van der Waals surface area contributed by atoms with Gasteiger partial charge in [-0.3, -0.25) is 0 Å². The Hall–Kier alpha value is -2.48. The highest BCUT2D eigenvalue weighted by Gasteiger charge is 2.41. The van der Waals surface area contributed by atoms with E-state index in [1.807, 2.05) is 50.5 Å². The van der Waals surface area contributed by atoms with Crippen molar-refractivity contribution >= 4 is 0 Å². The van der Waals surface area contributed by atoms with E-state index in [2.05, 4.69) is 30.5 Å². The van der Waals surface area contributed by atoms with Crippen LogP contribution < -0.4 is 4.57 Å². The molecule has 0 bridgehead atoms. The fraction of sp³-hybridized carbons (Fsp3) is 0.227. The minimum absolute atomic E-state index is 0.122. The Morgan fingerprint density at radius 2 is 1.67 bits per heavy atom. The number of halogens is 1. The van der Waals surface area contributed by atoms with Crippen molar-refractivity contribution in [1.82, 2.24) is 0 Å². The van der Waals surface area contributed by atoms with Crippen LogP contribution in [0.25, 0.3) is 22.4 Å². The van der Waals surface area contributed by atoms with Gasteiger partial charge in [0.15, 0.2) is 6.20 Å². The molecule has 0 saturated heterocycles. The molecule has 0 unspecified atom stereocenters. The molecule has 1 heterocycles. The largest absolute Gasteiger partial charge is 0.212 e. The first-order valence-electron chi connectivity index (χ1n) is 8.31. The quantitative estimate of drug-likeness (QED) is 0.560. The monoisotopic (exact) mass is 318 g/mol. The van der Waals surface area contributed by atoms with Gasteiger partial charge in [-0.05, 0) is 41.3 Å². The number of nitrogens with zero attached hydrogens (tertiary/aromatic N) is 1. The number of hydrogen-bond donors (Lipinski definition) is 0. The second kappa shape index (κ2) is 5.01. The van der Waals surface area contributed by atoms with Crippen molar-refractivity contribution < 1.29 is 8.96 Å². The molecule has 2 heteroatoms. The zero-order chi connectivity index (χ0) is 17.1. The Balaban J connectivity index is 2.17. The highest BCUT2D eigenvalue weighted by Crippen LogP contribution is 2.53. The standard InChI is InChI=1S/C22H21FN/c1-14-13-17(23)20-15-9-5-6-10-16(15)22(2,3)21(20)19(14)18-11-7-8-12-24(18)4/h5-13H,1-4H3/q+1. The van der Waals surface area contributed by atoms with Gasteiger partial charge in [-0.2, -0.15) is 0 Å². The van der Waals surface area contributed by atoms with Gasteiger partial charge in [-0.25, -0.2) is 8.96 Å². The van der Waals surface area contributed by atoms with Crippen molar-refractivity contribution in [2.75, 3.05) is 0 Å². The molecule has 2 aromatic carbocycles. The summed E-state index contributed by atoms with van der Waals surface area (Å²) in [5.41, 5.74) is 7.11. The van der Waals surface area contributed by atoms with Gasteiger partial charge < -0.3 is 0 Å². The van der Waals surface area contributed by atoms with Crippen LogP contribution in [0.2, 0.25) is 0 Å². The Morgan fingerprint density at radius 3 is 2.42 bits per heavy atom.